The molecule has 0 aliphatic rings. The molecule has 39 heavy (non-hydrogen) atoms. The van der Waals surface area contributed by atoms with Gasteiger partial charge < -0.3 is 15.2 Å². The third-order valence-corrected chi connectivity index (χ3v) is 7.04. The Morgan fingerprint density at radius 3 is 1.64 bits per heavy atom. The van der Waals surface area contributed by atoms with Crippen molar-refractivity contribution >= 4 is 17.8 Å². The van der Waals surface area contributed by atoms with E-state index in [0.717, 1.165) is 37.5 Å². The first-order valence-corrected chi connectivity index (χ1v) is 16.0. The van der Waals surface area contributed by atoms with E-state index in [-0.39, 0.29) is 18.3 Å². The number of amides is 1. The molecule has 0 rings (SSSR count). The number of allylic oxidation sites excluding steroid dienone is 2. The SMILES string of the molecule is CC(C)CCCCCCC/C=C\CCC(=O)O[C@H](CCCCCCCCCCC(C)C)CC(=O)NCC(=O)O. The number of carboxylic acid groups (broad SMARTS) is 1. The summed E-state index contributed by atoms with van der Waals surface area (Å²) in [6.45, 7) is 8.68. The lowest BCUT2D eigenvalue weighted by Crippen LogP contribution is -2.33. The molecule has 0 aliphatic carbocycles. The average Bonchev–Trinajstić information content (AvgIpc) is 2.86. The molecule has 0 heterocycles. The standard InChI is InChI=1S/C33H61NO5/c1-28(2)22-18-14-10-6-5-7-13-17-21-25-33(38)39-30(26-31(35)34-27-32(36)37)24-20-16-12-9-8-11-15-19-23-29(3)4/h13,17,28-30H,5-12,14-16,18-27H2,1-4H3,(H,34,35)(H,36,37)/b17-13-/t30-/m1/s1. The predicted octanol–water partition coefficient (Wildman–Crippen LogP) is 8.77. The zero-order valence-corrected chi connectivity index (χ0v) is 25.8. The second-order valence-corrected chi connectivity index (χ2v) is 12.0. The number of unbranched alkanes of at least 4 members (excludes halogenated alkanes) is 12. The van der Waals surface area contributed by atoms with Crippen molar-refractivity contribution in [3.8, 4) is 0 Å². The number of hydrogen-bond donors (Lipinski definition) is 2. The molecule has 228 valence electrons. The third kappa shape index (κ3) is 29.0. The summed E-state index contributed by atoms with van der Waals surface area (Å²) < 4.78 is 5.64. The highest BCUT2D eigenvalue weighted by Gasteiger charge is 2.18. The van der Waals surface area contributed by atoms with Gasteiger partial charge >= 0.3 is 11.9 Å². The second kappa shape index (κ2) is 26.4. The Kier molecular flexibility index (Phi) is 25.1. The van der Waals surface area contributed by atoms with Gasteiger partial charge in [0.25, 0.3) is 0 Å². The number of aliphatic carboxylic acids is 1. The molecule has 1 amide bonds. The smallest absolute Gasteiger partial charge is 0.322 e. The topological polar surface area (TPSA) is 92.7 Å². The summed E-state index contributed by atoms with van der Waals surface area (Å²) in [6.07, 6.45) is 24.9. The summed E-state index contributed by atoms with van der Waals surface area (Å²) in [5.74, 6) is -0.173. The Hall–Kier alpha value is -1.85. The Morgan fingerprint density at radius 2 is 1.13 bits per heavy atom. The second-order valence-electron chi connectivity index (χ2n) is 12.0. The van der Waals surface area contributed by atoms with Crippen LogP contribution in [0.5, 0.6) is 0 Å². The molecule has 0 spiro atoms. The molecule has 1 atom stereocenters. The fourth-order valence-corrected chi connectivity index (χ4v) is 4.67. The lowest BCUT2D eigenvalue weighted by molar-refractivity contribution is -0.151. The molecule has 0 unspecified atom stereocenters. The minimum atomic E-state index is -1.08. The van der Waals surface area contributed by atoms with Gasteiger partial charge in [-0.25, -0.2) is 0 Å². The van der Waals surface area contributed by atoms with E-state index in [4.69, 9.17) is 9.84 Å². The van der Waals surface area contributed by atoms with E-state index in [2.05, 4.69) is 45.2 Å². The largest absolute Gasteiger partial charge is 0.480 e. The van der Waals surface area contributed by atoms with Gasteiger partial charge in [-0.3, -0.25) is 14.4 Å². The maximum absolute atomic E-state index is 12.4. The molecule has 0 bridgehead atoms. The monoisotopic (exact) mass is 551 g/mol. The Morgan fingerprint density at radius 1 is 0.667 bits per heavy atom. The van der Waals surface area contributed by atoms with Crippen LogP contribution in [-0.2, 0) is 19.1 Å². The first kappa shape index (κ1) is 37.1. The molecule has 0 aromatic rings. The van der Waals surface area contributed by atoms with Crippen LogP contribution in [0.25, 0.3) is 0 Å². The molecule has 0 aromatic carbocycles. The van der Waals surface area contributed by atoms with Crippen molar-refractivity contribution in [2.45, 2.75) is 162 Å². The molecule has 0 fully saturated rings. The Balaban J connectivity index is 4.16. The van der Waals surface area contributed by atoms with E-state index in [1.807, 2.05) is 0 Å². The minimum absolute atomic E-state index is 0.0158. The summed E-state index contributed by atoms with van der Waals surface area (Å²) in [5.41, 5.74) is 0. The fraction of sp³-hybridized carbons (Fsp3) is 0.848. The predicted molar refractivity (Wildman–Crippen MR) is 162 cm³/mol. The Labute approximate surface area is 240 Å². The van der Waals surface area contributed by atoms with Gasteiger partial charge in [0, 0.05) is 6.42 Å². The van der Waals surface area contributed by atoms with Crippen molar-refractivity contribution in [1.29, 1.82) is 0 Å². The highest BCUT2D eigenvalue weighted by Crippen LogP contribution is 2.16. The number of carboxylic acids is 1. The molecule has 0 aliphatic heterocycles. The first-order valence-electron chi connectivity index (χ1n) is 16.0. The van der Waals surface area contributed by atoms with Crippen molar-refractivity contribution < 1.29 is 24.2 Å². The van der Waals surface area contributed by atoms with Gasteiger partial charge in [0.2, 0.25) is 5.91 Å². The van der Waals surface area contributed by atoms with Crippen molar-refractivity contribution in [3.05, 3.63) is 12.2 Å². The van der Waals surface area contributed by atoms with E-state index in [0.29, 0.717) is 19.3 Å². The molecule has 0 aromatic heterocycles. The average molecular weight is 552 g/mol. The number of rotatable bonds is 27. The molecular weight excluding hydrogens is 490 g/mol. The van der Waals surface area contributed by atoms with Crippen molar-refractivity contribution in [2.24, 2.45) is 11.8 Å². The number of hydrogen-bond acceptors (Lipinski definition) is 4. The van der Waals surface area contributed by atoms with Crippen LogP contribution >= 0.6 is 0 Å². The van der Waals surface area contributed by atoms with Crippen LogP contribution in [-0.4, -0.2) is 35.6 Å². The summed E-state index contributed by atoms with van der Waals surface area (Å²) in [6, 6.07) is 0. The maximum Gasteiger partial charge on any atom is 0.322 e. The number of ether oxygens (including phenoxy) is 1. The van der Waals surface area contributed by atoms with Gasteiger partial charge in [-0.15, -0.1) is 0 Å². The van der Waals surface area contributed by atoms with Crippen LogP contribution < -0.4 is 5.32 Å². The van der Waals surface area contributed by atoms with Gasteiger partial charge in [0.15, 0.2) is 0 Å². The van der Waals surface area contributed by atoms with E-state index in [9.17, 15) is 14.4 Å². The highest BCUT2D eigenvalue weighted by atomic mass is 16.5. The summed E-state index contributed by atoms with van der Waals surface area (Å²) in [4.78, 5) is 35.3. The quantitative estimate of drug-likeness (QED) is 0.0604. The van der Waals surface area contributed by atoms with Crippen LogP contribution in [0.4, 0.5) is 0 Å². The molecule has 0 radical (unpaired) electrons. The van der Waals surface area contributed by atoms with Crippen LogP contribution in [0.2, 0.25) is 0 Å². The van der Waals surface area contributed by atoms with E-state index in [1.165, 1.54) is 77.0 Å². The normalized spacial score (nSPS) is 12.4. The minimum Gasteiger partial charge on any atom is -0.480 e. The number of carbonyl (C=O) groups is 3. The van der Waals surface area contributed by atoms with Gasteiger partial charge in [0.05, 0.1) is 6.42 Å². The molecule has 2 N–H and O–H groups in total. The van der Waals surface area contributed by atoms with E-state index >= 15 is 0 Å². The molecule has 6 heteroatoms. The summed E-state index contributed by atoms with van der Waals surface area (Å²) in [5, 5.41) is 11.2. The van der Waals surface area contributed by atoms with Gasteiger partial charge in [0.1, 0.15) is 12.6 Å². The van der Waals surface area contributed by atoms with E-state index < -0.39 is 18.6 Å². The Bertz CT molecular complexity index is 644. The number of esters is 1. The lowest BCUT2D eigenvalue weighted by Gasteiger charge is -2.17. The fourth-order valence-electron chi connectivity index (χ4n) is 4.67. The summed E-state index contributed by atoms with van der Waals surface area (Å²) >= 11 is 0. The maximum atomic E-state index is 12.4. The van der Waals surface area contributed by atoms with Crippen LogP contribution in [0.3, 0.4) is 0 Å². The molecule has 6 nitrogen and oxygen atoms in total. The third-order valence-electron chi connectivity index (χ3n) is 7.04. The van der Waals surface area contributed by atoms with Crippen LogP contribution in [0.15, 0.2) is 12.2 Å². The van der Waals surface area contributed by atoms with Gasteiger partial charge in [-0.1, -0.05) is 123 Å². The molecule has 0 saturated heterocycles. The van der Waals surface area contributed by atoms with Crippen molar-refractivity contribution in [2.75, 3.05) is 6.54 Å². The van der Waals surface area contributed by atoms with Crippen LogP contribution in [0, 0.1) is 11.8 Å². The first-order chi connectivity index (χ1) is 18.7. The number of carbonyl (C=O) groups excluding carboxylic acids is 2. The van der Waals surface area contributed by atoms with Crippen molar-refractivity contribution in [1.82, 2.24) is 5.32 Å². The zero-order chi connectivity index (χ0) is 29.1. The van der Waals surface area contributed by atoms with Crippen LogP contribution in [0.1, 0.15) is 156 Å². The molecule has 0 saturated carbocycles. The van der Waals surface area contributed by atoms with E-state index in [1.54, 1.807) is 0 Å². The lowest BCUT2D eigenvalue weighted by atomic mass is 10.0. The summed E-state index contributed by atoms with van der Waals surface area (Å²) in [7, 11) is 0. The van der Waals surface area contributed by atoms with Gasteiger partial charge in [-0.05, 0) is 43.9 Å². The zero-order valence-electron chi connectivity index (χ0n) is 25.8. The van der Waals surface area contributed by atoms with Crippen molar-refractivity contribution in [3.63, 3.8) is 0 Å². The highest BCUT2D eigenvalue weighted by molar-refractivity contribution is 5.81. The molecular formula is C33H61NO5. The van der Waals surface area contributed by atoms with Gasteiger partial charge in [-0.2, -0.15) is 0 Å². The number of nitrogens with one attached hydrogen (secondary N) is 1.